The van der Waals surface area contributed by atoms with Gasteiger partial charge >= 0.3 is 18.3 Å². The van der Waals surface area contributed by atoms with Gasteiger partial charge < -0.3 is 21.3 Å². The van der Waals surface area contributed by atoms with E-state index < -0.39 is 65.0 Å². The number of amides is 1. The molecule has 6 nitrogen and oxygen atoms in total. The highest BCUT2D eigenvalue weighted by Gasteiger charge is 2.53. The molecule has 2 unspecified atom stereocenters. The first-order valence-electron chi connectivity index (χ1n) is 11.4. The number of rotatable bonds is 8. The molecule has 1 aliphatic carbocycles. The molecule has 0 saturated heterocycles. The van der Waals surface area contributed by atoms with Crippen molar-refractivity contribution >= 4 is 11.9 Å². The van der Waals surface area contributed by atoms with Crippen LogP contribution in [0.25, 0.3) is 0 Å². The summed E-state index contributed by atoms with van der Waals surface area (Å²) in [4.78, 5) is 25.2. The number of carboxylic acid groups (broad SMARTS) is 1. The van der Waals surface area contributed by atoms with Gasteiger partial charge in [0.05, 0.1) is 35.2 Å². The Balaban J connectivity index is 2.09. The Morgan fingerprint density at radius 1 is 0.973 bits per heavy atom. The molecule has 5 N–H and O–H groups in total. The standard InChI is InChI=1S/C25H26F6N2O4/c26-24(27,28)16-10-14(11-17(12-16)25(29,30)31)13-37-20(19(21(33)34)15-4-2-1-3-5-15)23(22(35)36)8-6-18(32)7-9-23/h1-5,10-12,18-20H,6-9,13,32H2,(H2,33,34)(H,35,36). The van der Waals surface area contributed by atoms with E-state index >= 15 is 0 Å². The topological polar surface area (TPSA) is 116 Å². The molecule has 1 aliphatic rings. The molecule has 3 rings (SSSR count). The molecule has 0 radical (unpaired) electrons. The third kappa shape index (κ3) is 6.42. The molecule has 0 aromatic heterocycles. The first-order chi connectivity index (χ1) is 17.1. The molecule has 1 saturated carbocycles. The van der Waals surface area contributed by atoms with Crippen LogP contribution in [0, 0.1) is 5.41 Å². The van der Waals surface area contributed by atoms with Crippen molar-refractivity contribution in [1.29, 1.82) is 0 Å². The van der Waals surface area contributed by atoms with Crippen LogP contribution >= 0.6 is 0 Å². The summed E-state index contributed by atoms with van der Waals surface area (Å²) < 4.78 is 85.8. The van der Waals surface area contributed by atoms with Gasteiger partial charge in [0.15, 0.2) is 0 Å². The number of halogens is 6. The Labute approximate surface area is 208 Å². The van der Waals surface area contributed by atoms with E-state index in [2.05, 4.69) is 0 Å². The molecular formula is C25H26F6N2O4. The molecule has 2 atom stereocenters. The fourth-order valence-corrected chi connectivity index (χ4v) is 4.79. The number of benzene rings is 2. The summed E-state index contributed by atoms with van der Waals surface area (Å²) >= 11 is 0. The minimum absolute atomic E-state index is 0.0154. The normalized spacial score (nSPS) is 22.3. The lowest BCUT2D eigenvalue weighted by Crippen LogP contribution is -2.53. The zero-order chi connectivity index (χ0) is 27.6. The van der Waals surface area contributed by atoms with E-state index in [0.29, 0.717) is 17.7 Å². The van der Waals surface area contributed by atoms with Crippen molar-refractivity contribution in [3.63, 3.8) is 0 Å². The maximum Gasteiger partial charge on any atom is 0.416 e. The van der Waals surface area contributed by atoms with Gasteiger partial charge in [-0.15, -0.1) is 0 Å². The lowest BCUT2D eigenvalue weighted by atomic mass is 9.64. The second kappa shape index (κ2) is 10.7. The molecule has 37 heavy (non-hydrogen) atoms. The Hall–Kier alpha value is -3.12. The van der Waals surface area contributed by atoms with Gasteiger partial charge in [-0.1, -0.05) is 30.3 Å². The summed E-state index contributed by atoms with van der Waals surface area (Å²) in [7, 11) is 0. The van der Waals surface area contributed by atoms with Crippen LogP contribution in [0.1, 0.15) is 53.9 Å². The van der Waals surface area contributed by atoms with Crippen molar-refractivity contribution in [2.75, 3.05) is 0 Å². The second-order valence-corrected chi connectivity index (χ2v) is 9.24. The molecule has 0 aliphatic heterocycles. The monoisotopic (exact) mass is 532 g/mol. The van der Waals surface area contributed by atoms with Crippen molar-refractivity contribution in [1.82, 2.24) is 0 Å². The molecule has 2 aromatic rings. The number of carboxylic acids is 1. The summed E-state index contributed by atoms with van der Waals surface area (Å²) in [5.41, 5.74) is 6.63. The number of carbonyl (C=O) groups is 2. The molecule has 0 spiro atoms. The minimum atomic E-state index is -5.07. The third-order valence-corrected chi connectivity index (χ3v) is 6.74. The van der Waals surface area contributed by atoms with Gasteiger partial charge in [-0.25, -0.2) is 0 Å². The zero-order valence-electron chi connectivity index (χ0n) is 19.5. The van der Waals surface area contributed by atoms with Crippen molar-refractivity contribution < 1.29 is 45.8 Å². The fraction of sp³-hybridized carbons (Fsp3) is 0.440. The molecule has 0 heterocycles. The third-order valence-electron chi connectivity index (χ3n) is 6.74. The smallest absolute Gasteiger partial charge is 0.416 e. The molecule has 12 heteroatoms. The number of primary amides is 1. The number of nitrogens with two attached hydrogens (primary N) is 2. The van der Waals surface area contributed by atoms with Crippen molar-refractivity contribution in [2.45, 2.75) is 62.7 Å². The first kappa shape index (κ1) is 28.5. The Bertz CT molecular complexity index is 1080. The molecule has 0 bridgehead atoms. The van der Waals surface area contributed by atoms with Crippen LogP contribution in [-0.4, -0.2) is 29.1 Å². The number of ether oxygens (including phenoxy) is 1. The number of aliphatic carboxylic acids is 1. The zero-order valence-corrected chi connectivity index (χ0v) is 19.5. The van der Waals surface area contributed by atoms with E-state index in [-0.39, 0.29) is 37.8 Å². The highest BCUT2D eigenvalue weighted by atomic mass is 19.4. The average molecular weight is 532 g/mol. The number of hydrogen-bond donors (Lipinski definition) is 3. The molecule has 1 amide bonds. The van der Waals surface area contributed by atoms with Gasteiger partial charge in [0.25, 0.3) is 0 Å². The highest BCUT2D eigenvalue weighted by Crippen LogP contribution is 2.46. The minimum Gasteiger partial charge on any atom is -0.481 e. The summed E-state index contributed by atoms with van der Waals surface area (Å²) in [5.74, 6) is -3.63. The van der Waals surface area contributed by atoms with E-state index in [9.17, 15) is 41.0 Å². The van der Waals surface area contributed by atoms with E-state index in [1.807, 2.05) is 0 Å². The number of alkyl halides is 6. The Morgan fingerprint density at radius 2 is 1.49 bits per heavy atom. The molecule has 1 fully saturated rings. The summed E-state index contributed by atoms with van der Waals surface area (Å²) in [6.45, 7) is -0.824. The maximum atomic E-state index is 13.3. The predicted octanol–water partition coefficient (Wildman–Crippen LogP) is 4.85. The van der Waals surface area contributed by atoms with E-state index in [0.717, 1.165) is 0 Å². The number of hydrogen-bond acceptors (Lipinski definition) is 4. The van der Waals surface area contributed by atoms with Crippen LogP contribution in [0.5, 0.6) is 0 Å². The van der Waals surface area contributed by atoms with Gasteiger partial charge in [0, 0.05) is 6.04 Å². The van der Waals surface area contributed by atoms with Crippen molar-refractivity contribution in [3.8, 4) is 0 Å². The van der Waals surface area contributed by atoms with Crippen LogP contribution in [-0.2, 0) is 33.3 Å². The highest BCUT2D eigenvalue weighted by molar-refractivity contribution is 5.85. The number of carbonyl (C=O) groups excluding carboxylic acids is 1. The van der Waals surface area contributed by atoms with Gasteiger partial charge in [0.1, 0.15) is 0 Å². The van der Waals surface area contributed by atoms with E-state index in [1.165, 1.54) is 12.1 Å². The largest absolute Gasteiger partial charge is 0.481 e. The molecular weight excluding hydrogens is 506 g/mol. The van der Waals surface area contributed by atoms with Gasteiger partial charge in [-0.05, 0) is 55.0 Å². The van der Waals surface area contributed by atoms with Gasteiger partial charge in [-0.3, -0.25) is 9.59 Å². The average Bonchev–Trinajstić information content (AvgIpc) is 2.81. The quantitative estimate of drug-likeness (QED) is 0.421. The molecule has 2 aromatic carbocycles. The summed E-state index contributed by atoms with van der Waals surface area (Å²) in [6, 6.07) is 8.50. The lowest BCUT2D eigenvalue weighted by Gasteiger charge is -2.44. The molecule has 202 valence electrons. The summed E-state index contributed by atoms with van der Waals surface area (Å²) in [5, 5.41) is 10.3. The second-order valence-electron chi connectivity index (χ2n) is 9.24. The lowest BCUT2D eigenvalue weighted by molar-refractivity contribution is -0.169. The predicted molar refractivity (Wildman–Crippen MR) is 120 cm³/mol. The van der Waals surface area contributed by atoms with Gasteiger partial charge in [-0.2, -0.15) is 26.3 Å². The van der Waals surface area contributed by atoms with Crippen LogP contribution < -0.4 is 11.5 Å². The van der Waals surface area contributed by atoms with Crippen LogP contribution in [0.2, 0.25) is 0 Å². The van der Waals surface area contributed by atoms with E-state index in [1.54, 1.807) is 18.2 Å². The van der Waals surface area contributed by atoms with Crippen molar-refractivity contribution in [2.24, 2.45) is 16.9 Å². The van der Waals surface area contributed by atoms with Crippen LogP contribution in [0.15, 0.2) is 48.5 Å². The van der Waals surface area contributed by atoms with Crippen molar-refractivity contribution in [3.05, 3.63) is 70.8 Å². The first-order valence-corrected chi connectivity index (χ1v) is 11.4. The fourth-order valence-electron chi connectivity index (χ4n) is 4.79. The van der Waals surface area contributed by atoms with Gasteiger partial charge in [0.2, 0.25) is 5.91 Å². The van der Waals surface area contributed by atoms with Crippen LogP contribution in [0.4, 0.5) is 26.3 Å². The maximum absolute atomic E-state index is 13.3. The summed E-state index contributed by atoms with van der Waals surface area (Å²) in [6.07, 6.45) is -11.2. The Kier molecular flexibility index (Phi) is 8.23. The SMILES string of the molecule is NC(=O)C(c1ccccc1)C(OCc1cc(C(F)(F)F)cc(C(F)(F)F)c1)C1(C(=O)O)CCC(N)CC1. The Morgan fingerprint density at radius 3 is 1.92 bits per heavy atom. The van der Waals surface area contributed by atoms with Crippen LogP contribution in [0.3, 0.4) is 0 Å². The van der Waals surface area contributed by atoms with E-state index in [4.69, 9.17) is 16.2 Å².